The molecule has 3 rings (SSSR count). The van der Waals surface area contributed by atoms with Crippen molar-refractivity contribution in [3.05, 3.63) is 10.9 Å². The van der Waals surface area contributed by atoms with Crippen molar-refractivity contribution < 1.29 is 27.4 Å². The van der Waals surface area contributed by atoms with Crippen molar-refractivity contribution in [1.82, 2.24) is 15.0 Å². The molecule has 10 heteroatoms. The normalized spacial score (nSPS) is 31.7. The molecule has 2 amide bonds. The molecule has 2 aliphatic rings. The van der Waals surface area contributed by atoms with E-state index in [4.69, 9.17) is 9.47 Å². The zero-order valence-electron chi connectivity index (χ0n) is 14.7. The van der Waals surface area contributed by atoms with Gasteiger partial charge in [-0.15, -0.1) is 0 Å². The number of carbonyl (C=O) groups excluding carboxylic acids is 1. The van der Waals surface area contributed by atoms with E-state index in [0.29, 0.717) is 12.3 Å². The fourth-order valence-corrected chi connectivity index (χ4v) is 4.92. The van der Waals surface area contributed by atoms with Gasteiger partial charge < -0.3 is 20.1 Å². The summed E-state index contributed by atoms with van der Waals surface area (Å²) >= 11 is 1.23. The molecular weight excluding hydrogens is 371 g/mol. The van der Waals surface area contributed by atoms with Crippen LogP contribution in [-0.2, 0) is 4.74 Å². The summed E-state index contributed by atoms with van der Waals surface area (Å²) in [6.45, 7) is 1.81. The van der Waals surface area contributed by atoms with Gasteiger partial charge in [-0.1, -0.05) is 0 Å². The maximum Gasteiger partial charge on any atom is 0.417 e. The van der Waals surface area contributed by atoms with E-state index in [1.54, 1.807) is 6.07 Å². The van der Waals surface area contributed by atoms with E-state index < -0.39 is 23.7 Å². The number of ether oxygens (including phenoxy) is 2. The van der Waals surface area contributed by atoms with Gasteiger partial charge in [0.15, 0.2) is 5.60 Å². The van der Waals surface area contributed by atoms with Crippen molar-refractivity contribution in [3.63, 3.8) is 0 Å². The predicted molar refractivity (Wildman–Crippen MR) is 89.2 cm³/mol. The monoisotopic (exact) mass is 393 g/mol. The Labute approximate surface area is 153 Å². The number of amides is 2. The summed E-state index contributed by atoms with van der Waals surface area (Å²) in [6.07, 6.45) is -3.81. The number of nitrogens with one attached hydrogen (secondary N) is 2. The number of halogens is 3. The molecule has 2 N–H and O–H groups in total. The number of nitrogens with zero attached hydrogens (tertiary/aromatic N) is 1. The van der Waals surface area contributed by atoms with Gasteiger partial charge in [-0.2, -0.15) is 17.5 Å². The highest BCUT2D eigenvalue weighted by Gasteiger charge is 2.68. The minimum absolute atomic E-state index is 0.107. The summed E-state index contributed by atoms with van der Waals surface area (Å²) in [4.78, 5) is 13.1. The molecule has 0 aliphatic heterocycles. The number of rotatable bonds is 5. The van der Waals surface area contributed by atoms with Crippen LogP contribution < -0.4 is 15.4 Å². The standard InChI is InChI=1S/C16H22F3N3O3S/c1-8(12-6-13(24-2)22-26-12)20-14(23)21-11-5-10-4-9(11)7-15(10,25-3)16(17,18)19/h6,8-11H,4-5,7H2,1-3H3,(H2,20,21,23)/t8?,9-,10-,11+,15-/m0/s1. The first kappa shape index (κ1) is 19.2. The third kappa shape index (κ3) is 3.24. The zero-order chi connectivity index (χ0) is 19.1. The molecule has 6 nitrogen and oxygen atoms in total. The van der Waals surface area contributed by atoms with Crippen LogP contribution in [0.5, 0.6) is 5.88 Å². The van der Waals surface area contributed by atoms with E-state index in [1.807, 2.05) is 6.92 Å². The van der Waals surface area contributed by atoms with E-state index in [0.717, 1.165) is 12.0 Å². The van der Waals surface area contributed by atoms with E-state index in [1.165, 1.54) is 18.6 Å². The smallest absolute Gasteiger partial charge is 0.417 e. The number of hydrogen-bond acceptors (Lipinski definition) is 5. The molecule has 0 spiro atoms. The number of carbonyl (C=O) groups is 1. The zero-order valence-corrected chi connectivity index (χ0v) is 15.5. The molecule has 5 atom stereocenters. The highest BCUT2D eigenvalue weighted by atomic mass is 32.1. The average Bonchev–Trinajstić information content (AvgIpc) is 3.27. The fourth-order valence-electron chi connectivity index (χ4n) is 4.23. The fraction of sp³-hybridized carbons (Fsp3) is 0.750. The second-order valence-electron chi connectivity index (χ2n) is 6.94. The molecule has 0 saturated heterocycles. The first-order valence-corrected chi connectivity index (χ1v) is 9.17. The summed E-state index contributed by atoms with van der Waals surface area (Å²) in [5, 5.41) is 5.62. The number of urea groups is 1. The van der Waals surface area contributed by atoms with Crippen LogP contribution in [0, 0.1) is 11.8 Å². The molecule has 1 aromatic rings. The highest BCUT2D eigenvalue weighted by Crippen LogP contribution is 2.58. The SMILES string of the molecule is COc1cc(C(C)NC(=O)N[C@@H]2C[C@@H]3C[C@H]2C[C@@]3(OC)C(F)(F)F)sn1. The van der Waals surface area contributed by atoms with Gasteiger partial charge in [0.2, 0.25) is 5.88 Å². The van der Waals surface area contributed by atoms with Crippen LogP contribution in [0.2, 0.25) is 0 Å². The van der Waals surface area contributed by atoms with Crippen LogP contribution in [0.4, 0.5) is 18.0 Å². The van der Waals surface area contributed by atoms with E-state index in [-0.39, 0.29) is 30.8 Å². The Morgan fingerprint density at radius 1 is 1.42 bits per heavy atom. The second kappa shape index (κ2) is 6.88. The number of fused-ring (bicyclic) bond motifs is 2. The molecule has 1 aromatic heterocycles. The second-order valence-corrected chi connectivity index (χ2v) is 7.78. The lowest BCUT2D eigenvalue weighted by Crippen LogP contribution is -2.55. The molecule has 2 fully saturated rings. The molecule has 146 valence electrons. The highest BCUT2D eigenvalue weighted by molar-refractivity contribution is 7.06. The van der Waals surface area contributed by atoms with Gasteiger partial charge in [0.05, 0.1) is 18.0 Å². The van der Waals surface area contributed by atoms with Gasteiger partial charge in [-0.25, -0.2) is 4.79 Å². The van der Waals surface area contributed by atoms with E-state index in [2.05, 4.69) is 15.0 Å². The molecule has 26 heavy (non-hydrogen) atoms. The predicted octanol–water partition coefficient (Wildman–Crippen LogP) is 3.26. The number of hydrogen-bond donors (Lipinski definition) is 2. The van der Waals surface area contributed by atoms with Gasteiger partial charge in [0, 0.05) is 19.2 Å². The van der Waals surface area contributed by atoms with Gasteiger partial charge in [-0.3, -0.25) is 0 Å². The van der Waals surface area contributed by atoms with Gasteiger partial charge in [0.25, 0.3) is 0 Å². The summed E-state index contributed by atoms with van der Waals surface area (Å²) in [6, 6.07) is 0.804. The average molecular weight is 393 g/mol. The minimum atomic E-state index is -4.39. The Kier molecular flexibility index (Phi) is 5.08. The van der Waals surface area contributed by atoms with Crippen LogP contribution in [-0.4, -0.2) is 42.4 Å². The van der Waals surface area contributed by atoms with Crippen molar-refractivity contribution in [2.45, 2.75) is 50.0 Å². The van der Waals surface area contributed by atoms with Crippen molar-refractivity contribution >= 4 is 17.6 Å². The van der Waals surface area contributed by atoms with Crippen LogP contribution in [0.1, 0.15) is 37.1 Å². The topological polar surface area (TPSA) is 72.5 Å². The summed E-state index contributed by atoms with van der Waals surface area (Å²) in [7, 11) is 2.63. The Morgan fingerprint density at radius 2 is 2.15 bits per heavy atom. The summed E-state index contributed by atoms with van der Waals surface area (Å²) in [5.74, 6) is -0.368. The lowest BCUT2D eigenvalue weighted by atomic mass is 9.81. The maximum absolute atomic E-state index is 13.4. The maximum atomic E-state index is 13.4. The van der Waals surface area contributed by atoms with Crippen molar-refractivity contribution in [1.29, 1.82) is 0 Å². The molecule has 2 bridgehead atoms. The Balaban J connectivity index is 1.56. The molecule has 2 saturated carbocycles. The van der Waals surface area contributed by atoms with Crippen molar-refractivity contribution in [2.75, 3.05) is 14.2 Å². The number of aromatic nitrogens is 1. The number of methoxy groups -OCH3 is 2. The van der Waals surface area contributed by atoms with Gasteiger partial charge in [0.1, 0.15) is 0 Å². The van der Waals surface area contributed by atoms with Crippen molar-refractivity contribution in [3.8, 4) is 5.88 Å². The van der Waals surface area contributed by atoms with Gasteiger partial charge >= 0.3 is 12.2 Å². The lowest BCUT2D eigenvalue weighted by molar-refractivity contribution is -0.287. The van der Waals surface area contributed by atoms with Crippen molar-refractivity contribution in [2.24, 2.45) is 11.8 Å². The first-order valence-electron chi connectivity index (χ1n) is 8.39. The largest absolute Gasteiger partial charge is 0.480 e. The van der Waals surface area contributed by atoms with E-state index in [9.17, 15) is 18.0 Å². The molecule has 1 heterocycles. The van der Waals surface area contributed by atoms with Crippen LogP contribution >= 0.6 is 11.5 Å². The molecule has 2 aliphatic carbocycles. The summed E-state index contributed by atoms with van der Waals surface area (Å²) < 4.78 is 54.2. The summed E-state index contributed by atoms with van der Waals surface area (Å²) in [5.41, 5.74) is -2.07. The first-order chi connectivity index (χ1) is 12.2. The third-order valence-corrected chi connectivity index (χ3v) is 6.52. The minimum Gasteiger partial charge on any atom is -0.480 e. The molecule has 1 unspecified atom stereocenters. The Hall–Kier alpha value is -1.55. The van der Waals surface area contributed by atoms with Crippen LogP contribution in [0.15, 0.2) is 6.07 Å². The lowest BCUT2D eigenvalue weighted by Gasteiger charge is -2.40. The van der Waals surface area contributed by atoms with E-state index >= 15 is 0 Å². The third-order valence-electron chi connectivity index (χ3n) is 5.57. The van der Waals surface area contributed by atoms with Crippen LogP contribution in [0.3, 0.4) is 0 Å². The number of alkyl halides is 3. The quantitative estimate of drug-likeness (QED) is 0.806. The Morgan fingerprint density at radius 3 is 2.65 bits per heavy atom. The molecule has 0 aromatic carbocycles. The molecule has 0 radical (unpaired) electrons. The van der Waals surface area contributed by atoms with Gasteiger partial charge in [-0.05, 0) is 49.6 Å². The molecular formula is C16H22F3N3O3S. The Bertz CT molecular complexity index is 669. The van der Waals surface area contributed by atoms with Crippen LogP contribution in [0.25, 0.3) is 0 Å².